The normalized spacial score (nSPS) is 16.1. The van der Waals surface area contributed by atoms with Gasteiger partial charge in [0.05, 0.1) is 10.6 Å². The molecule has 2 aromatic rings. The van der Waals surface area contributed by atoms with Crippen molar-refractivity contribution in [1.82, 2.24) is 0 Å². The van der Waals surface area contributed by atoms with Gasteiger partial charge in [0.15, 0.2) is 0 Å². The first-order valence-corrected chi connectivity index (χ1v) is 7.40. The minimum Gasteiger partial charge on any atom is -0.478 e. The number of hydrogen-bond acceptors (Lipinski definition) is 3. The first kappa shape index (κ1) is 15.2. The summed E-state index contributed by atoms with van der Waals surface area (Å²) in [6.07, 6.45) is 0. The quantitative estimate of drug-likeness (QED) is 0.849. The summed E-state index contributed by atoms with van der Waals surface area (Å²) in [7, 11) is 1.84. The van der Waals surface area contributed by atoms with Crippen LogP contribution in [0.4, 0.5) is 11.4 Å². The van der Waals surface area contributed by atoms with Gasteiger partial charge < -0.3 is 15.3 Å². The number of aromatic carboxylic acids is 1. The number of anilines is 2. The van der Waals surface area contributed by atoms with Gasteiger partial charge in [-0.3, -0.25) is 4.79 Å². The fourth-order valence-electron chi connectivity index (χ4n) is 2.65. The average Bonchev–Trinajstić information content (AvgIpc) is 2.80. The number of carboxylic acid groups (broad SMARTS) is 1. The van der Waals surface area contributed by atoms with Crippen molar-refractivity contribution < 1.29 is 14.7 Å². The molecule has 0 aromatic heterocycles. The van der Waals surface area contributed by atoms with Crippen LogP contribution >= 0.6 is 12.2 Å². The fraction of sp³-hybridized carbons (Fsp3) is 0.118. The van der Waals surface area contributed by atoms with Crippen LogP contribution in [0.25, 0.3) is 0 Å². The van der Waals surface area contributed by atoms with Crippen molar-refractivity contribution in [3.05, 3.63) is 59.7 Å². The standard InChI is InChI=1S/C17H14N2O3S/c1-19-13-5-3-2-4-12(13)14(16(19)23)15(20)18-11-8-6-10(7-9-11)17(21)22/h2-9,14H,1H3,(H,18,20)(H,21,22). The summed E-state index contributed by atoms with van der Waals surface area (Å²) in [4.78, 5) is 25.8. The lowest BCUT2D eigenvalue weighted by Crippen LogP contribution is -2.30. The van der Waals surface area contributed by atoms with Crippen molar-refractivity contribution in [3.63, 3.8) is 0 Å². The second-order valence-corrected chi connectivity index (χ2v) is 5.68. The van der Waals surface area contributed by atoms with E-state index < -0.39 is 11.9 Å². The molecule has 6 heteroatoms. The van der Waals surface area contributed by atoms with Crippen LogP contribution in [0, 0.1) is 0 Å². The molecule has 1 aliphatic heterocycles. The Morgan fingerprint density at radius 1 is 1.13 bits per heavy atom. The third kappa shape index (κ3) is 2.68. The maximum atomic E-state index is 12.6. The molecule has 1 heterocycles. The van der Waals surface area contributed by atoms with Gasteiger partial charge in [0.25, 0.3) is 0 Å². The van der Waals surface area contributed by atoms with Crippen LogP contribution in [0.15, 0.2) is 48.5 Å². The van der Waals surface area contributed by atoms with Gasteiger partial charge in [0.2, 0.25) is 5.91 Å². The zero-order chi connectivity index (χ0) is 16.6. The van der Waals surface area contributed by atoms with Gasteiger partial charge in [0, 0.05) is 18.4 Å². The van der Waals surface area contributed by atoms with E-state index in [0.717, 1.165) is 11.3 Å². The van der Waals surface area contributed by atoms with E-state index in [4.69, 9.17) is 17.3 Å². The van der Waals surface area contributed by atoms with Gasteiger partial charge in [-0.2, -0.15) is 0 Å². The largest absolute Gasteiger partial charge is 0.478 e. The predicted molar refractivity (Wildman–Crippen MR) is 92.2 cm³/mol. The van der Waals surface area contributed by atoms with Crippen LogP contribution in [-0.2, 0) is 4.79 Å². The Morgan fingerprint density at radius 2 is 1.78 bits per heavy atom. The topological polar surface area (TPSA) is 69.6 Å². The van der Waals surface area contributed by atoms with Gasteiger partial charge in [0.1, 0.15) is 5.92 Å². The van der Waals surface area contributed by atoms with Gasteiger partial charge >= 0.3 is 5.97 Å². The van der Waals surface area contributed by atoms with E-state index >= 15 is 0 Å². The number of thiocarbonyl (C=S) groups is 1. The summed E-state index contributed by atoms with van der Waals surface area (Å²) in [5.41, 5.74) is 2.51. The molecule has 3 rings (SSSR count). The molecule has 1 aliphatic rings. The van der Waals surface area contributed by atoms with Crippen LogP contribution in [0.5, 0.6) is 0 Å². The Labute approximate surface area is 138 Å². The fourth-order valence-corrected chi connectivity index (χ4v) is 2.98. The molecule has 0 spiro atoms. The van der Waals surface area contributed by atoms with Crippen molar-refractivity contribution in [2.24, 2.45) is 0 Å². The molecule has 0 saturated carbocycles. The summed E-state index contributed by atoms with van der Waals surface area (Å²) < 4.78 is 0. The number of likely N-dealkylation sites (N-methyl/N-ethyl adjacent to an activating group) is 1. The van der Waals surface area contributed by atoms with Crippen LogP contribution in [0.1, 0.15) is 21.8 Å². The van der Waals surface area contributed by atoms with E-state index in [2.05, 4.69) is 5.32 Å². The molecule has 1 amide bonds. The number of carbonyl (C=O) groups excluding carboxylic acids is 1. The van der Waals surface area contributed by atoms with Crippen molar-refractivity contribution >= 4 is 40.5 Å². The van der Waals surface area contributed by atoms with E-state index in [1.165, 1.54) is 12.1 Å². The number of fused-ring (bicyclic) bond motifs is 1. The number of nitrogens with zero attached hydrogens (tertiary/aromatic N) is 1. The van der Waals surface area contributed by atoms with Gasteiger partial charge in [-0.1, -0.05) is 30.4 Å². The molecular formula is C17H14N2O3S. The van der Waals surface area contributed by atoms with E-state index in [1.54, 1.807) is 12.1 Å². The highest BCUT2D eigenvalue weighted by molar-refractivity contribution is 7.80. The molecule has 1 atom stereocenters. The number of para-hydroxylation sites is 1. The van der Waals surface area contributed by atoms with Crippen LogP contribution in [0.3, 0.4) is 0 Å². The number of benzene rings is 2. The second kappa shape index (κ2) is 5.81. The highest BCUT2D eigenvalue weighted by atomic mass is 32.1. The van der Waals surface area contributed by atoms with E-state index in [1.807, 2.05) is 36.2 Å². The lowest BCUT2D eigenvalue weighted by molar-refractivity contribution is -0.116. The average molecular weight is 326 g/mol. The van der Waals surface area contributed by atoms with Crippen LogP contribution in [-0.4, -0.2) is 29.0 Å². The zero-order valence-electron chi connectivity index (χ0n) is 12.3. The molecule has 2 aromatic carbocycles. The van der Waals surface area contributed by atoms with E-state index in [9.17, 15) is 9.59 Å². The number of carboxylic acids is 1. The molecule has 5 nitrogen and oxygen atoms in total. The molecule has 0 aliphatic carbocycles. The lowest BCUT2D eigenvalue weighted by atomic mass is 10.0. The molecule has 2 N–H and O–H groups in total. The minimum atomic E-state index is -1.00. The van der Waals surface area contributed by atoms with E-state index in [-0.39, 0.29) is 11.5 Å². The highest BCUT2D eigenvalue weighted by Crippen LogP contribution is 2.37. The summed E-state index contributed by atoms with van der Waals surface area (Å²) >= 11 is 5.40. The first-order chi connectivity index (χ1) is 11.0. The maximum absolute atomic E-state index is 12.6. The van der Waals surface area contributed by atoms with Gasteiger partial charge in [-0.05, 0) is 35.9 Å². The van der Waals surface area contributed by atoms with Crippen molar-refractivity contribution in [3.8, 4) is 0 Å². The summed E-state index contributed by atoms with van der Waals surface area (Å²) in [5, 5.41) is 11.7. The first-order valence-electron chi connectivity index (χ1n) is 7.00. The summed E-state index contributed by atoms with van der Waals surface area (Å²) in [5.74, 6) is -1.75. The molecule has 0 bridgehead atoms. The zero-order valence-corrected chi connectivity index (χ0v) is 13.1. The summed E-state index contributed by atoms with van der Waals surface area (Å²) in [6.45, 7) is 0. The van der Waals surface area contributed by atoms with Crippen molar-refractivity contribution in [1.29, 1.82) is 0 Å². The monoisotopic (exact) mass is 326 g/mol. The third-order valence-electron chi connectivity index (χ3n) is 3.85. The molecular weight excluding hydrogens is 312 g/mol. The molecule has 0 radical (unpaired) electrons. The smallest absolute Gasteiger partial charge is 0.335 e. The highest BCUT2D eigenvalue weighted by Gasteiger charge is 2.36. The number of amides is 1. The number of carbonyl (C=O) groups is 2. The number of hydrogen-bond donors (Lipinski definition) is 2. The summed E-state index contributed by atoms with van der Waals surface area (Å²) in [6, 6.07) is 13.6. The minimum absolute atomic E-state index is 0.171. The molecule has 23 heavy (non-hydrogen) atoms. The molecule has 1 unspecified atom stereocenters. The predicted octanol–water partition coefficient (Wildman–Crippen LogP) is 2.88. The van der Waals surface area contributed by atoms with Crippen LogP contribution in [0.2, 0.25) is 0 Å². The van der Waals surface area contributed by atoms with Crippen LogP contribution < -0.4 is 10.2 Å². The SMILES string of the molecule is CN1C(=S)C(C(=O)Nc2ccc(C(=O)O)cc2)c2ccccc21. The number of rotatable bonds is 3. The van der Waals surface area contributed by atoms with Crippen molar-refractivity contribution in [2.75, 3.05) is 17.3 Å². The molecule has 0 saturated heterocycles. The van der Waals surface area contributed by atoms with E-state index in [0.29, 0.717) is 10.7 Å². The Balaban J connectivity index is 1.83. The Kier molecular flexibility index (Phi) is 3.83. The van der Waals surface area contributed by atoms with Crippen molar-refractivity contribution in [2.45, 2.75) is 5.92 Å². The second-order valence-electron chi connectivity index (χ2n) is 5.26. The third-order valence-corrected chi connectivity index (χ3v) is 4.36. The maximum Gasteiger partial charge on any atom is 0.335 e. The number of nitrogens with one attached hydrogen (secondary N) is 1. The molecule has 0 fully saturated rings. The Morgan fingerprint density at radius 3 is 2.43 bits per heavy atom. The Bertz CT molecular complexity index is 802. The Hall–Kier alpha value is -2.73. The molecule has 116 valence electrons. The van der Waals surface area contributed by atoms with Gasteiger partial charge in [-0.15, -0.1) is 0 Å². The lowest BCUT2D eigenvalue weighted by Gasteiger charge is -2.14. The van der Waals surface area contributed by atoms with Gasteiger partial charge in [-0.25, -0.2) is 4.79 Å².